The molecular weight excluding hydrogens is 244 g/mol. The van der Waals surface area contributed by atoms with Crippen LogP contribution in [-0.4, -0.2) is 34.6 Å². The lowest BCUT2D eigenvalue weighted by molar-refractivity contribution is 0.472. The maximum Gasteiger partial charge on any atom is 0.132 e. The Labute approximate surface area is 113 Å². The van der Waals surface area contributed by atoms with Crippen molar-refractivity contribution in [3.05, 3.63) is 11.9 Å². The normalized spacial score (nSPS) is 23.7. The highest BCUT2D eigenvalue weighted by Crippen LogP contribution is 2.28. The molecule has 0 amide bonds. The minimum atomic E-state index is 0.551. The molecule has 2 N–H and O–H groups in total. The van der Waals surface area contributed by atoms with E-state index in [4.69, 9.17) is 0 Å². The Balaban J connectivity index is 2.02. The Morgan fingerprint density at radius 1 is 1.28 bits per heavy atom. The van der Waals surface area contributed by atoms with E-state index in [0.29, 0.717) is 6.04 Å². The van der Waals surface area contributed by atoms with Crippen molar-refractivity contribution in [1.29, 1.82) is 0 Å². The Morgan fingerprint density at radius 2 is 2.06 bits per heavy atom. The van der Waals surface area contributed by atoms with Crippen molar-refractivity contribution in [3.8, 4) is 0 Å². The quantitative estimate of drug-likeness (QED) is 0.877. The van der Waals surface area contributed by atoms with Gasteiger partial charge in [0.15, 0.2) is 0 Å². The van der Waals surface area contributed by atoms with Crippen LogP contribution in [0.15, 0.2) is 6.07 Å². The highest BCUT2D eigenvalue weighted by atomic mass is 32.2. The van der Waals surface area contributed by atoms with Crippen molar-refractivity contribution in [2.24, 2.45) is 0 Å². The van der Waals surface area contributed by atoms with Crippen LogP contribution in [0.3, 0.4) is 0 Å². The smallest absolute Gasteiger partial charge is 0.132 e. The summed E-state index contributed by atoms with van der Waals surface area (Å²) < 4.78 is 0. The van der Waals surface area contributed by atoms with Crippen molar-refractivity contribution < 1.29 is 0 Å². The second-order valence-corrected chi connectivity index (χ2v) is 5.94. The van der Waals surface area contributed by atoms with Gasteiger partial charge in [0.05, 0.1) is 0 Å². The van der Waals surface area contributed by atoms with Gasteiger partial charge in [-0.1, -0.05) is 6.42 Å². The Morgan fingerprint density at radius 3 is 2.78 bits per heavy atom. The summed E-state index contributed by atoms with van der Waals surface area (Å²) in [5, 5.41) is 7.42. The largest absolute Gasteiger partial charge is 0.373 e. The van der Waals surface area contributed by atoms with Crippen LogP contribution in [0.4, 0.5) is 11.6 Å². The fraction of sp³-hybridized carbons (Fsp3) is 0.692. The molecule has 1 aliphatic rings. The first-order chi connectivity index (χ1) is 8.71. The van der Waals surface area contributed by atoms with Gasteiger partial charge in [-0.2, -0.15) is 11.8 Å². The lowest BCUT2D eigenvalue weighted by Gasteiger charge is -2.29. The zero-order valence-corrected chi connectivity index (χ0v) is 12.2. The van der Waals surface area contributed by atoms with Gasteiger partial charge in [0, 0.05) is 24.4 Å². The molecule has 4 nitrogen and oxygen atoms in total. The number of hydrogen-bond acceptors (Lipinski definition) is 5. The molecule has 2 rings (SSSR count). The molecule has 2 atom stereocenters. The molecule has 0 bridgehead atoms. The predicted octanol–water partition coefficient (Wildman–Crippen LogP) is 2.91. The first-order valence-electron chi connectivity index (χ1n) is 6.54. The van der Waals surface area contributed by atoms with E-state index in [-0.39, 0.29) is 0 Å². The monoisotopic (exact) mass is 266 g/mol. The summed E-state index contributed by atoms with van der Waals surface area (Å²) in [5.74, 6) is 2.63. The van der Waals surface area contributed by atoms with Gasteiger partial charge in [-0.3, -0.25) is 0 Å². The number of anilines is 2. The Bertz CT molecular complexity index is 397. The van der Waals surface area contributed by atoms with E-state index >= 15 is 0 Å². The van der Waals surface area contributed by atoms with Gasteiger partial charge in [0.2, 0.25) is 0 Å². The van der Waals surface area contributed by atoms with E-state index < -0.39 is 0 Å². The second-order valence-electron chi connectivity index (χ2n) is 4.80. The van der Waals surface area contributed by atoms with Crippen LogP contribution in [0.2, 0.25) is 0 Å². The third-order valence-electron chi connectivity index (χ3n) is 3.41. The maximum atomic E-state index is 4.46. The van der Waals surface area contributed by atoms with Gasteiger partial charge in [0.1, 0.15) is 17.5 Å². The number of rotatable bonds is 4. The SMILES string of the molecule is CNc1cc(NC2CCCC(SC)C2)nc(C)n1. The summed E-state index contributed by atoms with van der Waals surface area (Å²) in [5.41, 5.74) is 0. The zero-order valence-electron chi connectivity index (χ0n) is 11.4. The van der Waals surface area contributed by atoms with Crippen molar-refractivity contribution >= 4 is 23.4 Å². The van der Waals surface area contributed by atoms with Crippen LogP contribution in [0.25, 0.3) is 0 Å². The molecule has 5 heteroatoms. The summed E-state index contributed by atoms with van der Waals surface area (Å²) in [4.78, 5) is 8.77. The number of nitrogens with one attached hydrogen (secondary N) is 2. The summed E-state index contributed by atoms with van der Waals surface area (Å²) in [6.45, 7) is 1.93. The fourth-order valence-electron chi connectivity index (χ4n) is 2.47. The van der Waals surface area contributed by atoms with Gasteiger partial charge in [-0.15, -0.1) is 0 Å². The standard InChI is InChI=1S/C13H22N4S/c1-9-15-12(14-2)8-13(16-9)17-10-5-4-6-11(7-10)18-3/h8,10-11H,4-7H2,1-3H3,(H2,14,15,16,17). The lowest BCUT2D eigenvalue weighted by atomic mass is 9.95. The number of hydrogen-bond donors (Lipinski definition) is 2. The van der Waals surface area contributed by atoms with Crippen molar-refractivity contribution in [1.82, 2.24) is 9.97 Å². The molecule has 0 spiro atoms. The topological polar surface area (TPSA) is 49.8 Å². The molecule has 100 valence electrons. The molecule has 0 aromatic carbocycles. The average molecular weight is 266 g/mol. The molecule has 1 heterocycles. The zero-order chi connectivity index (χ0) is 13.0. The van der Waals surface area contributed by atoms with Gasteiger partial charge < -0.3 is 10.6 Å². The van der Waals surface area contributed by atoms with Crippen molar-refractivity contribution in [2.75, 3.05) is 23.9 Å². The van der Waals surface area contributed by atoms with Gasteiger partial charge >= 0.3 is 0 Å². The van der Waals surface area contributed by atoms with E-state index in [1.54, 1.807) is 0 Å². The van der Waals surface area contributed by atoms with Crippen LogP contribution in [0, 0.1) is 6.92 Å². The fourth-order valence-corrected chi connectivity index (χ4v) is 3.30. The van der Waals surface area contributed by atoms with Crippen LogP contribution < -0.4 is 10.6 Å². The molecule has 1 saturated carbocycles. The minimum absolute atomic E-state index is 0.551. The maximum absolute atomic E-state index is 4.46. The third kappa shape index (κ3) is 3.51. The minimum Gasteiger partial charge on any atom is -0.373 e. The number of nitrogens with zero attached hydrogens (tertiary/aromatic N) is 2. The highest BCUT2D eigenvalue weighted by Gasteiger charge is 2.21. The second kappa shape index (κ2) is 6.27. The van der Waals surface area contributed by atoms with Gasteiger partial charge in [0.25, 0.3) is 0 Å². The van der Waals surface area contributed by atoms with Crippen LogP contribution >= 0.6 is 11.8 Å². The van der Waals surface area contributed by atoms with E-state index in [9.17, 15) is 0 Å². The van der Waals surface area contributed by atoms with E-state index in [0.717, 1.165) is 22.7 Å². The molecule has 1 aliphatic carbocycles. The van der Waals surface area contributed by atoms with Crippen LogP contribution in [0.5, 0.6) is 0 Å². The number of aryl methyl sites for hydroxylation is 1. The first-order valence-corrected chi connectivity index (χ1v) is 7.83. The molecule has 0 aliphatic heterocycles. The Hall–Kier alpha value is -0.970. The van der Waals surface area contributed by atoms with Gasteiger partial charge in [-0.05, 0) is 32.4 Å². The van der Waals surface area contributed by atoms with Crippen molar-refractivity contribution in [3.63, 3.8) is 0 Å². The lowest BCUT2D eigenvalue weighted by Crippen LogP contribution is -2.29. The molecule has 0 radical (unpaired) electrons. The third-order valence-corrected chi connectivity index (χ3v) is 4.50. The molecule has 1 fully saturated rings. The van der Waals surface area contributed by atoms with E-state index in [2.05, 4.69) is 26.9 Å². The molecule has 1 aromatic rings. The summed E-state index contributed by atoms with van der Waals surface area (Å²) in [6.07, 6.45) is 7.35. The molecule has 1 aromatic heterocycles. The molecule has 2 unspecified atom stereocenters. The first kappa shape index (κ1) is 13.5. The number of aromatic nitrogens is 2. The summed E-state index contributed by atoms with van der Waals surface area (Å²) in [6, 6.07) is 2.53. The Kier molecular flexibility index (Phi) is 4.69. The highest BCUT2D eigenvalue weighted by molar-refractivity contribution is 7.99. The molecular formula is C13H22N4S. The van der Waals surface area contributed by atoms with Crippen LogP contribution in [-0.2, 0) is 0 Å². The summed E-state index contributed by atoms with van der Waals surface area (Å²) >= 11 is 1.99. The number of thioether (sulfide) groups is 1. The van der Waals surface area contributed by atoms with Crippen LogP contribution in [0.1, 0.15) is 31.5 Å². The van der Waals surface area contributed by atoms with Gasteiger partial charge in [-0.25, -0.2) is 9.97 Å². The predicted molar refractivity (Wildman–Crippen MR) is 79.5 cm³/mol. The molecule has 18 heavy (non-hydrogen) atoms. The van der Waals surface area contributed by atoms with Crippen molar-refractivity contribution in [2.45, 2.75) is 43.9 Å². The van der Waals surface area contributed by atoms with E-state index in [1.165, 1.54) is 25.7 Å². The summed E-state index contributed by atoms with van der Waals surface area (Å²) in [7, 11) is 1.88. The average Bonchev–Trinajstić information content (AvgIpc) is 2.38. The van der Waals surface area contributed by atoms with E-state index in [1.807, 2.05) is 31.8 Å². The molecule has 0 saturated heterocycles.